The molecular formula is C142H84S3. The predicted octanol–water partition coefficient (Wildman–Crippen LogP) is 42.3. The lowest BCUT2D eigenvalue weighted by molar-refractivity contribution is 1.63. The van der Waals surface area contributed by atoms with E-state index >= 15 is 0 Å². The Morgan fingerprint density at radius 1 is 0.0897 bits per heavy atom. The molecule has 0 aliphatic rings. The van der Waals surface area contributed by atoms with Crippen molar-refractivity contribution >= 4 is 267 Å². The molecule has 29 aromatic carbocycles. The minimum Gasteiger partial charge on any atom is -0.135 e. The molecule has 670 valence electrons. The van der Waals surface area contributed by atoms with Gasteiger partial charge in [0.2, 0.25) is 0 Å². The van der Waals surface area contributed by atoms with E-state index in [1.54, 1.807) is 0 Å². The quantitative estimate of drug-likeness (QED) is 0.140. The molecule has 0 aliphatic carbocycles. The minimum absolute atomic E-state index is 1.23. The number of hydrogen-bond donors (Lipinski definition) is 0. The highest BCUT2D eigenvalue weighted by atomic mass is 32.1. The van der Waals surface area contributed by atoms with Crippen molar-refractivity contribution in [2.75, 3.05) is 0 Å². The molecule has 0 radical (unpaired) electrons. The Hall–Kier alpha value is -17.8. The van der Waals surface area contributed by atoms with Gasteiger partial charge in [-0.05, 0) is 287 Å². The Balaban J connectivity index is 0.000000101. The summed E-state index contributed by atoms with van der Waals surface area (Å²) >= 11 is 5.67. The molecule has 0 nitrogen and oxygen atoms in total. The lowest BCUT2D eigenvalue weighted by Crippen LogP contribution is -1.90. The molecule has 0 atom stereocenters. The van der Waals surface area contributed by atoms with Gasteiger partial charge in [-0.25, -0.2) is 0 Å². The SMILES string of the molecule is c1ccc(-c2ccc3c(c2)c2ccccc2c2c4ccc(-c5ccc(-c6cccc7c6sc6ccccc67)cc5)cc4c4ccccc4c32)cc1.c1ccc2c(c1)sc1c(-c3ccc(-c4ccc5c(c4)c4ccccc4c4c6ccccc6c6ccccc6c54)cc3)cccc12.c1ccc2c(c1)sc1c(-c3cccc4c(-c5ccc6c(c5)c5ccccc5c5c7ccccc7c7ccccc7c65)cccc34)cccc12. The summed E-state index contributed by atoms with van der Waals surface area (Å²) < 4.78 is 8.08. The van der Waals surface area contributed by atoms with Crippen molar-refractivity contribution in [3.05, 3.63) is 510 Å². The summed E-state index contributed by atoms with van der Waals surface area (Å²) in [6.07, 6.45) is 0. The maximum Gasteiger partial charge on any atom is 0.0434 e. The second-order valence-electron chi connectivity index (χ2n) is 38.7. The van der Waals surface area contributed by atoms with E-state index in [4.69, 9.17) is 0 Å². The second kappa shape index (κ2) is 33.4. The Morgan fingerprint density at radius 2 is 0.283 bits per heavy atom. The van der Waals surface area contributed by atoms with Gasteiger partial charge in [0, 0.05) is 66.1 Å². The van der Waals surface area contributed by atoms with Crippen LogP contribution in [0.4, 0.5) is 0 Å². The summed E-state index contributed by atoms with van der Waals surface area (Å²) in [7, 11) is 0. The summed E-state index contributed by atoms with van der Waals surface area (Å²) in [5.74, 6) is 0. The topological polar surface area (TPSA) is 0 Å². The van der Waals surface area contributed by atoms with Crippen LogP contribution in [0.2, 0.25) is 0 Å². The number of rotatable bonds is 7. The monoisotopic (exact) mass is 1880 g/mol. The van der Waals surface area contributed by atoms with Crippen LogP contribution in [0.1, 0.15) is 0 Å². The molecule has 3 heterocycles. The fourth-order valence-electron chi connectivity index (χ4n) is 24.6. The van der Waals surface area contributed by atoms with E-state index in [0.717, 1.165) is 0 Å². The van der Waals surface area contributed by atoms with Crippen LogP contribution >= 0.6 is 34.0 Å². The molecular weight excluding hydrogens is 1800 g/mol. The van der Waals surface area contributed by atoms with Gasteiger partial charge in [-0.3, -0.25) is 0 Å². The molecule has 0 spiro atoms. The molecule has 0 amide bonds. The van der Waals surface area contributed by atoms with Gasteiger partial charge < -0.3 is 0 Å². The van der Waals surface area contributed by atoms with E-state index in [9.17, 15) is 0 Å². The smallest absolute Gasteiger partial charge is 0.0434 e. The van der Waals surface area contributed by atoms with Crippen LogP contribution in [0.15, 0.2) is 510 Å². The number of thiophene rings is 3. The highest BCUT2D eigenvalue weighted by Crippen LogP contribution is 2.53. The fraction of sp³-hybridized carbons (Fsp3) is 0. The van der Waals surface area contributed by atoms with Crippen LogP contribution in [0.3, 0.4) is 0 Å². The van der Waals surface area contributed by atoms with Crippen LogP contribution in [-0.4, -0.2) is 0 Å². The van der Waals surface area contributed by atoms with Crippen LogP contribution < -0.4 is 0 Å². The molecule has 3 aromatic heterocycles. The minimum atomic E-state index is 1.23. The molecule has 145 heavy (non-hydrogen) atoms. The van der Waals surface area contributed by atoms with E-state index in [2.05, 4.69) is 510 Å². The third-order valence-electron chi connectivity index (χ3n) is 31.1. The first kappa shape index (κ1) is 83.0. The molecule has 0 saturated heterocycles. The van der Waals surface area contributed by atoms with Crippen molar-refractivity contribution in [2.45, 2.75) is 0 Å². The number of fused-ring (bicyclic) bond motifs is 43. The Labute approximate surface area is 847 Å². The first-order valence-corrected chi connectivity index (χ1v) is 52.5. The number of benzene rings is 29. The van der Waals surface area contributed by atoms with Gasteiger partial charge in [-0.2, -0.15) is 0 Å². The van der Waals surface area contributed by atoms with Crippen LogP contribution in [0, 0.1) is 0 Å². The summed E-state index contributed by atoms with van der Waals surface area (Å²) in [4.78, 5) is 0. The van der Waals surface area contributed by atoms with Crippen LogP contribution in [0.25, 0.3) is 311 Å². The molecule has 0 bridgehead atoms. The zero-order chi connectivity index (χ0) is 95.0. The van der Waals surface area contributed by atoms with Gasteiger partial charge in [-0.15, -0.1) is 34.0 Å². The molecule has 0 fully saturated rings. The summed E-state index contributed by atoms with van der Waals surface area (Å²) in [5.41, 5.74) is 17.6. The zero-order valence-electron chi connectivity index (χ0n) is 78.7. The van der Waals surface area contributed by atoms with Gasteiger partial charge in [0.05, 0.1) is 0 Å². The average Bonchev–Trinajstić information content (AvgIpc) is 1.57. The van der Waals surface area contributed by atoms with E-state index in [1.807, 2.05) is 34.0 Å². The first-order valence-electron chi connectivity index (χ1n) is 50.1. The highest BCUT2D eigenvalue weighted by molar-refractivity contribution is 7.27. The molecule has 32 rings (SSSR count). The third-order valence-corrected chi connectivity index (χ3v) is 34.8. The average molecular weight is 1890 g/mol. The Morgan fingerprint density at radius 3 is 0.600 bits per heavy atom. The molecule has 0 saturated carbocycles. The largest absolute Gasteiger partial charge is 0.135 e. The van der Waals surface area contributed by atoms with Crippen molar-refractivity contribution in [1.29, 1.82) is 0 Å². The van der Waals surface area contributed by atoms with Crippen molar-refractivity contribution in [1.82, 2.24) is 0 Å². The molecule has 0 unspecified atom stereocenters. The van der Waals surface area contributed by atoms with E-state index in [-0.39, 0.29) is 0 Å². The van der Waals surface area contributed by atoms with Crippen LogP contribution in [0.5, 0.6) is 0 Å². The second-order valence-corrected chi connectivity index (χ2v) is 41.9. The fourth-order valence-corrected chi connectivity index (χ4v) is 28.3. The Bertz CT molecular complexity index is 11100. The lowest BCUT2D eigenvalue weighted by atomic mass is 9.85. The predicted molar refractivity (Wildman–Crippen MR) is 636 cm³/mol. The van der Waals surface area contributed by atoms with Crippen molar-refractivity contribution in [3.8, 4) is 77.9 Å². The summed E-state index contributed by atoms with van der Waals surface area (Å²) in [5, 5.41) is 49.9. The molecule has 32 aromatic rings. The molecule has 3 heteroatoms. The summed E-state index contributed by atoms with van der Waals surface area (Å²) in [6, 6.07) is 189. The van der Waals surface area contributed by atoms with Crippen molar-refractivity contribution in [3.63, 3.8) is 0 Å². The molecule has 0 N–H and O–H groups in total. The first-order chi connectivity index (χ1) is 72.0. The third kappa shape index (κ3) is 13.1. The maximum atomic E-state index is 2.44. The molecule has 0 aliphatic heterocycles. The summed E-state index contributed by atoms with van der Waals surface area (Å²) in [6.45, 7) is 0. The highest BCUT2D eigenvalue weighted by Gasteiger charge is 2.25. The lowest BCUT2D eigenvalue weighted by Gasteiger charge is -2.18. The number of hydrogen-bond acceptors (Lipinski definition) is 3. The zero-order valence-corrected chi connectivity index (χ0v) is 81.2. The van der Waals surface area contributed by atoms with Gasteiger partial charge >= 0.3 is 0 Å². The maximum absolute atomic E-state index is 2.44. The van der Waals surface area contributed by atoms with Gasteiger partial charge in [-0.1, -0.05) is 467 Å². The van der Waals surface area contributed by atoms with E-state index in [1.165, 1.54) is 311 Å². The normalized spacial score (nSPS) is 12.0. The van der Waals surface area contributed by atoms with Crippen molar-refractivity contribution < 1.29 is 0 Å². The van der Waals surface area contributed by atoms with E-state index in [0.29, 0.717) is 0 Å². The standard InChI is InChI=1S/C50H30S.C48H28S.C44H26S/c1-2-11-31(12-3-1)34-25-27-42-45(29-34)37-13-4-6-16-40(37)49-43-28-26-35(30-46(43)38-14-5-7-17-41(38)48(42)49)32-21-23-33(24-22-32)36-18-10-19-44-39-15-8-9-20-47(39)51-50(36)44;1-4-16-38-33(12-1)34-13-2-5-17-39(34)47-41-27-26-29(28-44(41)36-14-3-6-18-40(36)46(38)47)30-19-9-21-32-31(30)20-10-22-35(32)42-23-11-24-43-37-15-7-8-25-45(37)49-48(42)43;1-4-14-35-31(10-1)32-11-2-5-15-36(32)43-38-25-24-29(26-40(38)33-12-3-6-16-37(33)42(35)43)27-20-22-28(23-21-27)30-17-9-18-39-34-13-7-8-19-41(34)45-44(30)39/h1-30H;1-28H;1-26H. The van der Waals surface area contributed by atoms with E-state index < -0.39 is 0 Å². The van der Waals surface area contributed by atoms with Crippen molar-refractivity contribution in [2.24, 2.45) is 0 Å². The van der Waals surface area contributed by atoms with Crippen LogP contribution in [-0.2, 0) is 0 Å². The van der Waals surface area contributed by atoms with Gasteiger partial charge in [0.15, 0.2) is 0 Å². The Kier molecular flexibility index (Phi) is 19.2. The van der Waals surface area contributed by atoms with Gasteiger partial charge in [0.25, 0.3) is 0 Å². The van der Waals surface area contributed by atoms with Gasteiger partial charge in [0.1, 0.15) is 0 Å².